The highest BCUT2D eigenvalue weighted by molar-refractivity contribution is 5.36. The lowest BCUT2D eigenvalue weighted by molar-refractivity contribution is 1.23. The Balaban J connectivity index is 2.61. The molecule has 0 nitrogen and oxygen atoms in total. The first-order valence-electron chi connectivity index (χ1n) is 4.15. The van der Waals surface area contributed by atoms with Crippen LogP contribution in [0.3, 0.4) is 0 Å². The van der Waals surface area contributed by atoms with Gasteiger partial charge in [0, 0.05) is 5.56 Å². The Bertz CT molecular complexity index is 296. The molecule has 0 unspecified atom stereocenters. The Hall–Kier alpha value is -1.48. The molecule has 1 rings (SSSR count). The van der Waals surface area contributed by atoms with Crippen LogP contribution in [-0.4, -0.2) is 0 Å². The summed E-state index contributed by atoms with van der Waals surface area (Å²) in [6.45, 7) is 2.10. The monoisotopic (exact) mass is 156 g/mol. The number of rotatable bonds is 1. The molecule has 0 amide bonds. The van der Waals surface area contributed by atoms with Crippen LogP contribution >= 0.6 is 0 Å². The van der Waals surface area contributed by atoms with E-state index in [2.05, 4.69) is 24.8 Å². The third-order valence-electron chi connectivity index (χ3n) is 1.43. The van der Waals surface area contributed by atoms with Crippen molar-refractivity contribution in [1.29, 1.82) is 0 Å². The minimum absolute atomic E-state index is 1.05. The van der Waals surface area contributed by atoms with E-state index in [1.165, 1.54) is 0 Å². The van der Waals surface area contributed by atoms with E-state index in [1.54, 1.807) is 0 Å². The second kappa shape index (κ2) is 5.21. The summed E-state index contributed by atoms with van der Waals surface area (Å²) in [6, 6.07) is 9.99. The lowest BCUT2D eigenvalue weighted by atomic mass is 10.2. The first-order valence-corrected chi connectivity index (χ1v) is 4.15. The highest BCUT2D eigenvalue weighted by Crippen LogP contribution is 1.94. The number of hydrogen-bond acceptors (Lipinski definition) is 0. The normalized spacial score (nSPS) is 9.42. The third kappa shape index (κ3) is 3.07. The van der Waals surface area contributed by atoms with Crippen molar-refractivity contribution in [1.82, 2.24) is 0 Å². The number of benzene rings is 1. The molecule has 0 heteroatoms. The standard InChI is InChI=1S/C12H12/c1-2-3-4-6-9-12-10-7-5-8-11-12/h3-5,7-8,10-11H,2H2,1H3. The molecule has 0 aromatic heterocycles. The SMILES string of the molecule is CCC=CC#Cc1ccccc1. The smallest absolute Gasteiger partial charge is 0.0248 e. The molecule has 0 aliphatic heterocycles. The fourth-order valence-corrected chi connectivity index (χ4v) is 0.823. The summed E-state index contributed by atoms with van der Waals surface area (Å²) in [5, 5.41) is 0. The molecule has 1 aromatic rings. The molecule has 0 saturated heterocycles. The van der Waals surface area contributed by atoms with Crippen LogP contribution in [0.4, 0.5) is 0 Å². The summed E-state index contributed by atoms with van der Waals surface area (Å²) in [6.07, 6.45) is 4.99. The van der Waals surface area contributed by atoms with Crippen LogP contribution in [0.2, 0.25) is 0 Å². The van der Waals surface area contributed by atoms with Gasteiger partial charge in [0.15, 0.2) is 0 Å². The first kappa shape index (κ1) is 8.62. The van der Waals surface area contributed by atoms with Crippen LogP contribution in [0.25, 0.3) is 0 Å². The second-order valence-electron chi connectivity index (χ2n) is 2.45. The van der Waals surface area contributed by atoms with Crippen molar-refractivity contribution in [3.8, 4) is 11.8 Å². The van der Waals surface area contributed by atoms with Gasteiger partial charge in [0.2, 0.25) is 0 Å². The van der Waals surface area contributed by atoms with Gasteiger partial charge in [0.1, 0.15) is 0 Å². The summed E-state index contributed by atoms with van der Waals surface area (Å²) >= 11 is 0. The molecule has 12 heavy (non-hydrogen) atoms. The van der Waals surface area contributed by atoms with Gasteiger partial charge in [0.05, 0.1) is 0 Å². The molecule has 0 heterocycles. The van der Waals surface area contributed by atoms with Gasteiger partial charge in [-0.3, -0.25) is 0 Å². The van der Waals surface area contributed by atoms with Gasteiger partial charge < -0.3 is 0 Å². The highest BCUT2D eigenvalue weighted by atomic mass is 13.8. The van der Waals surface area contributed by atoms with Gasteiger partial charge >= 0.3 is 0 Å². The van der Waals surface area contributed by atoms with Crippen LogP contribution in [0.5, 0.6) is 0 Å². The van der Waals surface area contributed by atoms with E-state index >= 15 is 0 Å². The van der Waals surface area contributed by atoms with Crippen molar-refractivity contribution >= 4 is 0 Å². The highest BCUT2D eigenvalue weighted by Gasteiger charge is 1.78. The van der Waals surface area contributed by atoms with E-state index in [9.17, 15) is 0 Å². The summed E-state index contributed by atoms with van der Waals surface area (Å²) in [5.41, 5.74) is 1.07. The van der Waals surface area contributed by atoms with E-state index in [0.717, 1.165) is 12.0 Å². The van der Waals surface area contributed by atoms with Crippen molar-refractivity contribution in [2.45, 2.75) is 13.3 Å². The zero-order valence-electron chi connectivity index (χ0n) is 7.25. The van der Waals surface area contributed by atoms with Crippen LogP contribution in [-0.2, 0) is 0 Å². The van der Waals surface area contributed by atoms with Crippen LogP contribution < -0.4 is 0 Å². The zero-order chi connectivity index (χ0) is 8.65. The maximum atomic E-state index is 3.04. The molecule has 60 valence electrons. The minimum atomic E-state index is 1.05. The van der Waals surface area contributed by atoms with Crippen LogP contribution in [0, 0.1) is 11.8 Å². The molecule has 0 spiro atoms. The molecule has 0 aliphatic rings. The molecule has 0 N–H and O–H groups in total. The maximum absolute atomic E-state index is 3.04. The average molecular weight is 156 g/mol. The lowest BCUT2D eigenvalue weighted by Crippen LogP contribution is -1.68. The van der Waals surface area contributed by atoms with Gasteiger partial charge in [-0.1, -0.05) is 43.0 Å². The fraction of sp³-hybridized carbons (Fsp3) is 0.167. The van der Waals surface area contributed by atoms with E-state index in [4.69, 9.17) is 0 Å². The summed E-state index contributed by atoms with van der Waals surface area (Å²) in [7, 11) is 0. The van der Waals surface area contributed by atoms with E-state index in [0.29, 0.717) is 0 Å². The summed E-state index contributed by atoms with van der Waals surface area (Å²) in [5.74, 6) is 6.01. The molecule has 0 aliphatic carbocycles. The third-order valence-corrected chi connectivity index (χ3v) is 1.43. The Labute approximate surface area is 73.9 Å². The minimum Gasteiger partial charge on any atom is -0.0764 e. The van der Waals surface area contributed by atoms with Crippen LogP contribution in [0.15, 0.2) is 42.5 Å². The Morgan fingerprint density at radius 2 is 2.00 bits per heavy atom. The predicted molar refractivity (Wildman–Crippen MR) is 52.8 cm³/mol. The van der Waals surface area contributed by atoms with Crippen molar-refractivity contribution < 1.29 is 0 Å². The molecule has 0 radical (unpaired) electrons. The van der Waals surface area contributed by atoms with Crippen molar-refractivity contribution in [2.75, 3.05) is 0 Å². The topological polar surface area (TPSA) is 0 Å². The Kier molecular flexibility index (Phi) is 3.74. The van der Waals surface area contributed by atoms with E-state index in [1.807, 2.05) is 36.4 Å². The lowest BCUT2D eigenvalue weighted by Gasteiger charge is -1.84. The quantitative estimate of drug-likeness (QED) is 0.548. The molecular weight excluding hydrogens is 144 g/mol. The summed E-state index contributed by atoms with van der Waals surface area (Å²) in [4.78, 5) is 0. The largest absolute Gasteiger partial charge is 0.0764 e. The Morgan fingerprint density at radius 3 is 2.67 bits per heavy atom. The van der Waals surface area contributed by atoms with Crippen molar-refractivity contribution in [3.63, 3.8) is 0 Å². The van der Waals surface area contributed by atoms with Crippen molar-refractivity contribution in [2.24, 2.45) is 0 Å². The molecular formula is C12H12. The van der Waals surface area contributed by atoms with Crippen molar-refractivity contribution in [3.05, 3.63) is 48.0 Å². The molecule has 0 fully saturated rings. The predicted octanol–water partition coefficient (Wildman–Crippen LogP) is 3.00. The van der Waals surface area contributed by atoms with Gasteiger partial charge in [0.25, 0.3) is 0 Å². The molecule has 0 bridgehead atoms. The molecule has 0 atom stereocenters. The van der Waals surface area contributed by atoms with E-state index < -0.39 is 0 Å². The first-order chi connectivity index (χ1) is 5.93. The van der Waals surface area contributed by atoms with Crippen LogP contribution in [0.1, 0.15) is 18.9 Å². The number of hydrogen-bond donors (Lipinski definition) is 0. The molecule has 0 saturated carbocycles. The summed E-state index contributed by atoms with van der Waals surface area (Å²) < 4.78 is 0. The second-order valence-corrected chi connectivity index (χ2v) is 2.45. The molecule has 1 aromatic carbocycles. The number of allylic oxidation sites excluding steroid dienone is 2. The van der Waals surface area contributed by atoms with Gasteiger partial charge in [-0.2, -0.15) is 0 Å². The average Bonchev–Trinajstić information content (AvgIpc) is 2.14. The Morgan fingerprint density at radius 1 is 1.25 bits per heavy atom. The fourth-order valence-electron chi connectivity index (χ4n) is 0.823. The maximum Gasteiger partial charge on any atom is 0.0248 e. The van der Waals surface area contributed by atoms with Gasteiger partial charge in [-0.25, -0.2) is 0 Å². The van der Waals surface area contributed by atoms with E-state index in [-0.39, 0.29) is 0 Å². The van der Waals surface area contributed by atoms with Gasteiger partial charge in [-0.15, -0.1) is 0 Å². The van der Waals surface area contributed by atoms with Gasteiger partial charge in [-0.05, 0) is 24.6 Å². The zero-order valence-corrected chi connectivity index (χ0v) is 7.25.